The summed E-state index contributed by atoms with van der Waals surface area (Å²) in [7, 11) is 1.13. The Hall–Kier alpha value is -1.10. The van der Waals surface area contributed by atoms with Crippen LogP contribution in [0.2, 0.25) is 0 Å². The fraction of sp³-hybridized carbons (Fsp3) is 0.400. The van der Waals surface area contributed by atoms with Gasteiger partial charge in [0.2, 0.25) is 0 Å². The zero-order valence-corrected chi connectivity index (χ0v) is 11.9. The van der Waals surface area contributed by atoms with Crippen LogP contribution >= 0.6 is 22.6 Å². The molecule has 0 radical (unpaired) electrons. The third-order valence-electron chi connectivity index (χ3n) is 2.13. The van der Waals surface area contributed by atoms with E-state index in [0.29, 0.717) is 0 Å². The molecule has 106 valence electrons. The molecule has 0 amide bonds. The quantitative estimate of drug-likeness (QED) is 0.627. The van der Waals surface area contributed by atoms with Crippen molar-refractivity contribution in [3.63, 3.8) is 0 Å². The summed E-state index contributed by atoms with van der Waals surface area (Å²) >= 11 is 1.64. The van der Waals surface area contributed by atoms with Gasteiger partial charge in [0.05, 0.1) is 22.8 Å². The number of halogens is 4. The van der Waals surface area contributed by atoms with Gasteiger partial charge in [-0.1, -0.05) is 0 Å². The maximum Gasteiger partial charge on any atom is 0.573 e. The van der Waals surface area contributed by atoms with E-state index in [2.05, 4.69) is 14.5 Å². The molecule has 0 atom stereocenters. The Bertz CT molecular complexity index is 480. The minimum atomic E-state index is -4.86. The number of pyridine rings is 1. The maximum atomic E-state index is 12.4. The molecule has 0 aliphatic heterocycles. The Morgan fingerprint density at radius 1 is 1.53 bits per heavy atom. The number of nitrogens with zero attached hydrogens (tertiary/aromatic N) is 1. The lowest BCUT2D eigenvalue weighted by Crippen LogP contribution is -2.21. The average Bonchev–Trinajstić information content (AvgIpc) is 2.32. The number of carbonyl (C=O) groups is 1. The number of nitrogens with two attached hydrogens (primary N) is 1. The van der Waals surface area contributed by atoms with Gasteiger partial charge >= 0.3 is 12.3 Å². The van der Waals surface area contributed by atoms with Gasteiger partial charge in [-0.2, -0.15) is 0 Å². The van der Waals surface area contributed by atoms with Gasteiger partial charge in [0, 0.05) is 18.3 Å². The molecule has 2 N–H and O–H groups in total. The van der Waals surface area contributed by atoms with Crippen LogP contribution in [0.4, 0.5) is 13.2 Å². The third-order valence-corrected chi connectivity index (χ3v) is 2.90. The highest BCUT2D eigenvalue weighted by atomic mass is 127. The van der Waals surface area contributed by atoms with Crippen molar-refractivity contribution < 1.29 is 27.4 Å². The zero-order chi connectivity index (χ0) is 14.6. The molecule has 9 heteroatoms. The largest absolute Gasteiger partial charge is 0.573 e. The van der Waals surface area contributed by atoms with Crippen LogP contribution in [0.15, 0.2) is 6.20 Å². The number of rotatable bonds is 4. The second-order valence-electron chi connectivity index (χ2n) is 3.37. The van der Waals surface area contributed by atoms with Crippen molar-refractivity contribution in [2.75, 3.05) is 7.11 Å². The molecule has 1 aromatic rings. The van der Waals surface area contributed by atoms with Gasteiger partial charge < -0.3 is 15.2 Å². The van der Waals surface area contributed by atoms with Gasteiger partial charge in [-0.3, -0.25) is 9.78 Å². The minimum Gasteiger partial charge on any atom is -0.469 e. The lowest BCUT2D eigenvalue weighted by atomic mass is 10.1. The molecule has 0 aliphatic carbocycles. The van der Waals surface area contributed by atoms with Crippen LogP contribution in [0, 0.1) is 3.57 Å². The van der Waals surface area contributed by atoms with E-state index in [1.165, 1.54) is 6.20 Å². The van der Waals surface area contributed by atoms with Gasteiger partial charge in [-0.05, 0) is 22.6 Å². The normalized spacial score (nSPS) is 11.3. The summed E-state index contributed by atoms with van der Waals surface area (Å²) in [5.74, 6) is -1.17. The standard InChI is InChI=1S/C10H10F3IN2O3/c1-18-8(17)2-5-7(3-15)16-4-6(14)9(5)19-10(11,12)13/h4H,2-3,15H2,1H3. The molecule has 19 heavy (non-hydrogen) atoms. The van der Waals surface area contributed by atoms with Gasteiger partial charge in [-0.15, -0.1) is 13.2 Å². The Morgan fingerprint density at radius 3 is 2.63 bits per heavy atom. The SMILES string of the molecule is COC(=O)Cc1c(CN)ncc(I)c1OC(F)(F)F. The van der Waals surface area contributed by atoms with Crippen molar-refractivity contribution in [1.29, 1.82) is 0 Å². The first kappa shape index (κ1) is 16.0. The molecule has 0 saturated heterocycles. The summed E-state index contributed by atoms with van der Waals surface area (Å²) in [4.78, 5) is 15.1. The molecule has 0 aromatic carbocycles. The van der Waals surface area contributed by atoms with Crippen LogP contribution in [0.1, 0.15) is 11.3 Å². The van der Waals surface area contributed by atoms with Gasteiger partial charge in [-0.25, -0.2) is 0 Å². The van der Waals surface area contributed by atoms with E-state index < -0.39 is 24.5 Å². The smallest absolute Gasteiger partial charge is 0.469 e. The van der Waals surface area contributed by atoms with E-state index >= 15 is 0 Å². The number of aromatic nitrogens is 1. The van der Waals surface area contributed by atoms with Crippen molar-refractivity contribution in [2.24, 2.45) is 5.73 Å². The molecule has 0 saturated carbocycles. The molecule has 1 heterocycles. The highest BCUT2D eigenvalue weighted by Crippen LogP contribution is 2.32. The number of methoxy groups -OCH3 is 1. The first-order chi connectivity index (χ1) is 8.78. The molecule has 5 nitrogen and oxygen atoms in total. The third kappa shape index (κ3) is 4.49. The summed E-state index contributed by atoms with van der Waals surface area (Å²) in [5, 5.41) is 0. The van der Waals surface area contributed by atoms with Crippen molar-refractivity contribution in [1.82, 2.24) is 4.98 Å². The van der Waals surface area contributed by atoms with E-state index in [-0.39, 0.29) is 21.4 Å². The number of alkyl halides is 3. The molecule has 0 unspecified atom stereocenters. The van der Waals surface area contributed by atoms with Crippen molar-refractivity contribution in [3.05, 3.63) is 21.0 Å². The average molecular weight is 390 g/mol. The van der Waals surface area contributed by atoms with Crippen molar-refractivity contribution in [2.45, 2.75) is 19.3 Å². The molecular formula is C10H10F3IN2O3. The number of hydrogen-bond acceptors (Lipinski definition) is 5. The second-order valence-corrected chi connectivity index (χ2v) is 4.53. The molecular weight excluding hydrogens is 380 g/mol. The topological polar surface area (TPSA) is 74.4 Å². The van der Waals surface area contributed by atoms with Gasteiger partial charge in [0.25, 0.3) is 0 Å². The van der Waals surface area contributed by atoms with Crippen LogP contribution < -0.4 is 10.5 Å². The highest BCUT2D eigenvalue weighted by molar-refractivity contribution is 14.1. The fourth-order valence-electron chi connectivity index (χ4n) is 1.35. The van der Waals surface area contributed by atoms with E-state index in [4.69, 9.17) is 5.73 Å². The first-order valence-electron chi connectivity index (χ1n) is 4.97. The lowest BCUT2D eigenvalue weighted by molar-refractivity contribution is -0.275. The molecule has 0 aliphatic rings. The summed E-state index contributed by atoms with van der Waals surface area (Å²) in [6.45, 7) is -0.114. The van der Waals surface area contributed by atoms with E-state index in [9.17, 15) is 18.0 Å². The Balaban J connectivity index is 3.28. The van der Waals surface area contributed by atoms with Gasteiger partial charge in [0.1, 0.15) is 5.75 Å². The van der Waals surface area contributed by atoms with Crippen LogP contribution in [0.5, 0.6) is 5.75 Å². The molecule has 1 rings (SSSR count). The number of carbonyl (C=O) groups excluding carboxylic acids is 1. The second kappa shape index (κ2) is 6.37. The fourth-order valence-corrected chi connectivity index (χ4v) is 1.92. The van der Waals surface area contributed by atoms with E-state index in [1.54, 1.807) is 22.6 Å². The monoisotopic (exact) mass is 390 g/mol. The predicted octanol–water partition coefficient (Wildman–Crippen LogP) is 1.76. The highest BCUT2D eigenvalue weighted by Gasteiger charge is 2.34. The van der Waals surface area contributed by atoms with E-state index in [0.717, 1.165) is 7.11 Å². The molecule has 0 fully saturated rings. The lowest BCUT2D eigenvalue weighted by Gasteiger charge is -2.16. The van der Waals surface area contributed by atoms with Crippen LogP contribution in [-0.4, -0.2) is 24.4 Å². The number of esters is 1. The summed E-state index contributed by atoms with van der Waals surface area (Å²) in [6.07, 6.45) is -4.05. The first-order valence-corrected chi connectivity index (χ1v) is 6.05. The Kier molecular flexibility index (Phi) is 5.35. The summed E-state index contributed by atoms with van der Waals surface area (Å²) in [6, 6.07) is 0. The van der Waals surface area contributed by atoms with Crippen molar-refractivity contribution >= 4 is 28.6 Å². The van der Waals surface area contributed by atoms with Crippen LogP contribution in [-0.2, 0) is 22.5 Å². The van der Waals surface area contributed by atoms with Gasteiger partial charge in [0.15, 0.2) is 0 Å². The Labute approximate surface area is 120 Å². The molecule has 0 bridgehead atoms. The number of hydrogen-bond donors (Lipinski definition) is 1. The Morgan fingerprint density at radius 2 is 2.16 bits per heavy atom. The van der Waals surface area contributed by atoms with Crippen LogP contribution in [0.3, 0.4) is 0 Å². The molecule has 1 aromatic heterocycles. The summed E-state index contributed by atoms with van der Waals surface area (Å²) in [5.41, 5.74) is 5.54. The number of ether oxygens (including phenoxy) is 2. The summed E-state index contributed by atoms with van der Waals surface area (Å²) < 4.78 is 45.6. The zero-order valence-electron chi connectivity index (χ0n) is 9.75. The van der Waals surface area contributed by atoms with E-state index in [1.807, 2.05) is 0 Å². The van der Waals surface area contributed by atoms with Crippen molar-refractivity contribution in [3.8, 4) is 5.75 Å². The van der Waals surface area contributed by atoms with Crippen LogP contribution in [0.25, 0.3) is 0 Å². The minimum absolute atomic E-state index is 0.0152. The molecule has 0 spiro atoms. The maximum absolute atomic E-state index is 12.4. The predicted molar refractivity (Wildman–Crippen MR) is 67.2 cm³/mol.